The molecule has 2 aromatic carbocycles. The van der Waals surface area contributed by atoms with Crippen LogP contribution in [-0.4, -0.2) is 29.3 Å². The molecule has 7 nitrogen and oxygen atoms in total. The molecule has 2 heterocycles. The molecular weight excluding hydrogens is 394 g/mol. The van der Waals surface area contributed by atoms with Gasteiger partial charge < -0.3 is 19.3 Å². The summed E-state index contributed by atoms with van der Waals surface area (Å²) in [5.74, 6) is 2.61. The molecule has 0 spiro atoms. The summed E-state index contributed by atoms with van der Waals surface area (Å²) in [4.78, 5) is 17.1. The normalized spacial score (nSPS) is 14.2. The minimum Gasteiger partial charge on any atom is -0.490 e. The summed E-state index contributed by atoms with van der Waals surface area (Å²) < 4.78 is 16.8. The monoisotopic (exact) mass is 421 g/mol. The molecular formula is C24H27N3O4. The van der Waals surface area contributed by atoms with E-state index in [0.717, 1.165) is 29.0 Å². The Bertz CT molecular complexity index is 1020. The number of carbonyl (C=O) groups excluding carboxylic acids is 1. The average molecular weight is 421 g/mol. The molecule has 0 saturated heterocycles. The van der Waals surface area contributed by atoms with Gasteiger partial charge in [0.25, 0.3) is 0 Å². The topological polar surface area (TPSA) is 86.5 Å². The first-order chi connectivity index (χ1) is 15.1. The Morgan fingerprint density at radius 1 is 1.06 bits per heavy atom. The van der Waals surface area contributed by atoms with E-state index in [9.17, 15) is 4.79 Å². The molecule has 3 aromatic rings. The fourth-order valence-electron chi connectivity index (χ4n) is 3.54. The highest BCUT2D eigenvalue weighted by atomic mass is 16.5. The second kappa shape index (κ2) is 9.64. The van der Waals surface area contributed by atoms with Crippen LogP contribution in [0.2, 0.25) is 0 Å². The molecule has 0 aliphatic carbocycles. The fourth-order valence-corrected chi connectivity index (χ4v) is 3.54. The van der Waals surface area contributed by atoms with E-state index in [0.29, 0.717) is 31.3 Å². The quantitative estimate of drug-likeness (QED) is 0.611. The number of nitrogens with zero attached hydrogens (tertiary/aromatic N) is 2. The first kappa shape index (κ1) is 20.9. The molecule has 1 N–H and O–H groups in total. The van der Waals surface area contributed by atoms with Gasteiger partial charge in [-0.25, -0.2) is 0 Å². The SMILES string of the molecule is CC(C)[C@@H](NC(=O)CCc1nc(-c2ccccc2)no1)c1ccc2c(c1)OCCCO2. The molecule has 0 bridgehead atoms. The lowest BCUT2D eigenvalue weighted by Gasteiger charge is -2.24. The molecule has 0 saturated carbocycles. The van der Waals surface area contributed by atoms with Crippen LogP contribution in [0.3, 0.4) is 0 Å². The standard InChI is InChI=1S/C24H27N3O4/c1-16(2)23(18-9-10-19-20(15-18)30-14-6-13-29-19)25-21(28)11-12-22-26-24(27-31-22)17-7-4-3-5-8-17/h3-5,7-10,15-16,23H,6,11-14H2,1-2H3,(H,25,28)/t23-/m1/s1. The summed E-state index contributed by atoms with van der Waals surface area (Å²) in [5, 5.41) is 7.14. The Labute approximate surface area is 181 Å². The molecule has 162 valence electrons. The zero-order valence-electron chi connectivity index (χ0n) is 17.8. The maximum Gasteiger partial charge on any atom is 0.227 e. The third-order valence-electron chi connectivity index (χ3n) is 5.18. The van der Waals surface area contributed by atoms with Crippen LogP contribution >= 0.6 is 0 Å². The lowest BCUT2D eigenvalue weighted by molar-refractivity contribution is -0.122. The number of fused-ring (bicyclic) bond motifs is 1. The van der Waals surface area contributed by atoms with Gasteiger partial charge in [0.05, 0.1) is 19.3 Å². The molecule has 1 aliphatic heterocycles. The summed E-state index contributed by atoms with van der Waals surface area (Å²) in [6, 6.07) is 15.4. The van der Waals surface area contributed by atoms with Gasteiger partial charge in [-0.2, -0.15) is 4.98 Å². The highest BCUT2D eigenvalue weighted by molar-refractivity contribution is 5.76. The molecule has 0 radical (unpaired) electrons. The highest BCUT2D eigenvalue weighted by Crippen LogP contribution is 2.34. The van der Waals surface area contributed by atoms with Crippen LogP contribution in [0.5, 0.6) is 11.5 Å². The van der Waals surface area contributed by atoms with Crippen LogP contribution in [-0.2, 0) is 11.2 Å². The number of benzene rings is 2. The van der Waals surface area contributed by atoms with Gasteiger partial charge in [0.2, 0.25) is 17.6 Å². The Morgan fingerprint density at radius 3 is 2.61 bits per heavy atom. The smallest absolute Gasteiger partial charge is 0.227 e. The van der Waals surface area contributed by atoms with Crippen LogP contribution in [0.4, 0.5) is 0 Å². The van der Waals surface area contributed by atoms with Crippen molar-refractivity contribution in [3.63, 3.8) is 0 Å². The van der Waals surface area contributed by atoms with E-state index in [1.807, 2.05) is 48.5 Å². The van der Waals surface area contributed by atoms with Gasteiger partial charge in [0, 0.05) is 24.8 Å². The van der Waals surface area contributed by atoms with Crippen molar-refractivity contribution in [3.8, 4) is 22.9 Å². The van der Waals surface area contributed by atoms with Crippen molar-refractivity contribution in [2.75, 3.05) is 13.2 Å². The van der Waals surface area contributed by atoms with Gasteiger partial charge in [-0.05, 0) is 23.6 Å². The molecule has 0 unspecified atom stereocenters. The van der Waals surface area contributed by atoms with Crippen LogP contribution in [0.25, 0.3) is 11.4 Å². The van der Waals surface area contributed by atoms with E-state index in [4.69, 9.17) is 14.0 Å². The lowest BCUT2D eigenvalue weighted by atomic mass is 9.95. The van der Waals surface area contributed by atoms with Crippen molar-refractivity contribution in [3.05, 3.63) is 60.0 Å². The summed E-state index contributed by atoms with van der Waals surface area (Å²) >= 11 is 0. The Hall–Kier alpha value is -3.35. The van der Waals surface area contributed by atoms with Crippen molar-refractivity contribution < 1.29 is 18.8 Å². The van der Waals surface area contributed by atoms with Crippen LogP contribution in [0.1, 0.15) is 44.2 Å². The van der Waals surface area contributed by atoms with Gasteiger partial charge in [0.15, 0.2) is 11.5 Å². The van der Waals surface area contributed by atoms with Gasteiger partial charge in [-0.1, -0.05) is 55.4 Å². The zero-order valence-corrected chi connectivity index (χ0v) is 17.8. The molecule has 31 heavy (non-hydrogen) atoms. The van der Waals surface area contributed by atoms with Crippen molar-refractivity contribution in [2.45, 2.75) is 39.2 Å². The van der Waals surface area contributed by atoms with Gasteiger partial charge >= 0.3 is 0 Å². The third-order valence-corrected chi connectivity index (χ3v) is 5.18. The van der Waals surface area contributed by atoms with E-state index in [2.05, 4.69) is 29.3 Å². The minimum atomic E-state index is -0.132. The number of amides is 1. The van der Waals surface area contributed by atoms with Gasteiger partial charge in [-0.3, -0.25) is 4.79 Å². The van der Waals surface area contributed by atoms with Crippen molar-refractivity contribution in [1.82, 2.24) is 15.5 Å². The van der Waals surface area contributed by atoms with Gasteiger partial charge in [-0.15, -0.1) is 0 Å². The third kappa shape index (κ3) is 5.23. The van der Waals surface area contributed by atoms with E-state index in [1.165, 1.54) is 0 Å². The first-order valence-corrected chi connectivity index (χ1v) is 10.7. The summed E-state index contributed by atoms with van der Waals surface area (Å²) in [6.07, 6.45) is 1.51. The molecule has 1 aromatic heterocycles. The first-order valence-electron chi connectivity index (χ1n) is 10.7. The predicted molar refractivity (Wildman–Crippen MR) is 116 cm³/mol. The fraction of sp³-hybridized carbons (Fsp3) is 0.375. The summed E-state index contributed by atoms with van der Waals surface area (Å²) in [6.45, 7) is 5.44. The summed E-state index contributed by atoms with van der Waals surface area (Å²) in [7, 11) is 0. The molecule has 1 atom stereocenters. The van der Waals surface area contributed by atoms with Crippen molar-refractivity contribution >= 4 is 5.91 Å². The van der Waals surface area contributed by atoms with Crippen molar-refractivity contribution in [2.24, 2.45) is 5.92 Å². The molecule has 4 rings (SSSR count). The van der Waals surface area contributed by atoms with Crippen molar-refractivity contribution in [1.29, 1.82) is 0 Å². The highest BCUT2D eigenvalue weighted by Gasteiger charge is 2.21. The molecule has 1 aliphatic rings. The van der Waals surface area contributed by atoms with E-state index >= 15 is 0 Å². The number of hydrogen-bond acceptors (Lipinski definition) is 6. The second-order valence-electron chi connectivity index (χ2n) is 7.92. The average Bonchev–Trinajstić information content (AvgIpc) is 3.14. The Balaban J connectivity index is 1.38. The summed E-state index contributed by atoms with van der Waals surface area (Å²) in [5.41, 5.74) is 1.88. The number of aryl methyl sites for hydroxylation is 1. The maximum atomic E-state index is 12.7. The van der Waals surface area contributed by atoms with Crippen LogP contribution in [0, 0.1) is 5.92 Å². The zero-order chi connectivity index (χ0) is 21.6. The molecule has 0 fully saturated rings. The lowest BCUT2D eigenvalue weighted by Crippen LogP contribution is -2.32. The number of ether oxygens (including phenoxy) is 2. The number of aromatic nitrogens is 2. The second-order valence-corrected chi connectivity index (χ2v) is 7.92. The maximum absolute atomic E-state index is 12.7. The van der Waals surface area contributed by atoms with Gasteiger partial charge in [0.1, 0.15) is 0 Å². The molecule has 7 heteroatoms. The van der Waals surface area contributed by atoms with Crippen LogP contribution in [0.15, 0.2) is 53.1 Å². The van der Waals surface area contributed by atoms with E-state index in [-0.39, 0.29) is 24.3 Å². The largest absolute Gasteiger partial charge is 0.490 e. The van der Waals surface area contributed by atoms with Crippen LogP contribution < -0.4 is 14.8 Å². The Morgan fingerprint density at radius 2 is 1.84 bits per heavy atom. The minimum absolute atomic E-state index is 0.0646. The number of carbonyl (C=O) groups is 1. The van der Waals surface area contributed by atoms with E-state index < -0.39 is 0 Å². The number of nitrogens with one attached hydrogen (secondary N) is 1. The molecule has 1 amide bonds. The predicted octanol–water partition coefficient (Wildman–Crippen LogP) is 4.34. The Kier molecular flexibility index (Phi) is 6.50. The van der Waals surface area contributed by atoms with E-state index in [1.54, 1.807) is 0 Å². The number of rotatable bonds is 7. The number of hydrogen-bond donors (Lipinski definition) is 1.